The molecule has 1 aromatic heterocycles. The van der Waals surface area contributed by atoms with E-state index in [1.54, 1.807) is 7.05 Å². The summed E-state index contributed by atoms with van der Waals surface area (Å²) in [5.74, 6) is 0.0363. The lowest BCUT2D eigenvalue weighted by Gasteiger charge is -2.29. The maximum absolute atomic E-state index is 12.2. The number of hydrogen-bond donors (Lipinski definition) is 2. The van der Waals surface area contributed by atoms with Crippen LogP contribution in [-0.2, 0) is 17.1 Å². The second kappa shape index (κ2) is 4.87. The number of piperidine rings is 1. The molecule has 1 fully saturated rings. The third-order valence-corrected chi connectivity index (χ3v) is 4.76. The SMILES string of the molecule is CN1CCCC(NS(=O)(=O)c2c(N)ncn2C)C1. The number of nitrogens with one attached hydrogen (secondary N) is 1. The fraction of sp³-hybridized carbons (Fsp3) is 0.700. The molecule has 2 rings (SSSR count). The average Bonchev–Trinajstić information content (AvgIpc) is 2.58. The molecule has 102 valence electrons. The van der Waals surface area contributed by atoms with Crippen molar-refractivity contribution in [3.63, 3.8) is 0 Å². The number of anilines is 1. The number of likely N-dealkylation sites (tertiary alicyclic amines) is 1. The van der Waals surface area contributed by atoms with Crippen LogP contribution in [0, 0.1) is 0 Å². The number of nitrogens with zero attached hydrogens (tertiary/aromatic N) is 3. The highest BCUT2D eigenvalue weighted by Crippen LogP contribution is 2.17. The smallest absolute Gasteiger partial charge is 0.260 e. The Kier molecular flexibility index (Phi) is 3.60. The molecule has 0 bridgehead atoms. The normalized spacial score (nSPS) is 22.2. The Labute approximate surface area is 107 Å². The van der Waals surface area contributed by atoms with E-state index in [0.29, 0.717) is 0 Å². The molecule has 3 N–H and O–H groups in total. The van der Waals surface area contributed by atoms with Gasteiger partial charge in [-0.3, -0.25) is 0 Å². The number of likely N-dealkylation sites (N-methyl/N-ethyl adjacent to an activating group) is 1. The van der Waals surface area contributed by atoms with E-state index in [2.05, 4.69) is 14.6 Å². The Balaban J connectivity index is 2.17. The molecule has 0 aromatic carbocycles. The third-order valence-electron chi connectivity index (χ3n) is 3.11. The monoisotopic (exact) mass is 273 g/mol. The van der Waals surface area contributed by atoms with Crippen molar-refractivity contribution in [3.8, 4) is 0 Å². The van der Waals surface area contributed by atoms with Gasteiger partial charge in [-0.05, 0) is 26.4 Å². The molecule has 1 saturated heterocycles. The van der Waals surface area contributed by atoms with Crippen LogP contribution in [0.25, 0.3) is 0 Å². The van der Waals surface area contributed by atoms with Gasteiger partial charge in [0.2, 0.25) is 0 Å². The van der Waals surface area contributed by atoms with Crippen molar-refractivity contribution < 1.29 is 8.42 Å². The highest BCUT2D eigenvalue weighted by atomic mass is 32.2. The van der Waals surface area contributed by atoms with E-state index in [1.165, 1.54) is 10.9 Å². The lowest BCUT2D eigenvalue weighted by atomic mass is 10.1. The molecule has 18 heavy (non-hydrogen) atoms. The van der Waals surface area contributed by atoms with Crippen molar-refractivity contribution in [2.45, 2.75) is 23.9 Å². The largest absolute Gasteiger partial charge is 0.381 e. The summed E-state index contributed by atoms with van der Waals surface area (Å²) in [7, 11) is -0.00154. The summed E-state index contributed by atoms with van der Waals surface area (Å²) < 4.78 is 28.6. The van der Waals surface area contributed by atoms with Crippen LogP contribution in [-0.4, -0.2) is 49.0 Å². The van der Waals surface area contributed by atoms with Crippen LogP contribution >= 0.6 is 0 Å². The van der Waals surface area contributed by atoms with Gasteiger partial charge in [0.25, 0.3) is 10.0 Å². The highest BCUT2D eigenvalue weighted by molar-refractivity contribution is 7.89. The quantitative estimate of drug-likeness (QED) is 0.765. The van der Waals surface area contributed by atoms with E-state index in [4.69, 9.17) is 5.73 Å². The fourth-order valence-corrected chi connectivity index (χ4v) is 3.80. The van der Waals surface area contributed by atoms with Crippen molar-refractivity contribution >= 4 is 15.8 Å². The van der Waals surface area contributed by atoms with Crippen molar-refractivity contribution in [1.82, 2.24) is 19.2 Å². The molecule has 1 aliphatic heterocycles. The van der Waals surface area contributed by atoms with Crippen molar-refractivity contribution in [2.75, 3.05) is 25.9 Å². The molecule has 8 heteroatoms. The van der Waals surface area contributed by atoms with Gasteiger partial charge in [-0.1, -0.05) is 0 Å². The van der Waals surface area contributed by atoms with Gasteiger partial charge < -0.3 is 15.2 Å². The first-order chi connectivity index (χ1) is 8.40. The summed E-state index contributed by atoms with van der Waals surface area (Å²) in [4.78, 5) is 5.92. The summed E-state index contributed by atoms with van der Waals surface area (Å²) in [5, 5.41) is 0.0377. The Morgan fingerprint density at radius 2 is 2.22 bits per heavy atom. The minimum Gasteiger partial charge on any atom is -0.381 e. The van der Waals surface area contributed by atoms with Crippen LogP contribution in [0.3, 0.4) is 0 Å². The van der Waals surface area contributed by atoms with Crippen molar-refractivity contribution in [3.05, 3.63) is 6.33 Å². The van der Waals surface area contributed by atoms with E-state index >= 15 is 0 Å². The standard InChI is InChI=1S/C10H19N5O2S/c1-14-5-3-4-8(6-14)13-18(16,17)10-9(11)12-7-15(10)2/h7-8,13H,3-6,11H2,1-2H3. The van der Waals surface area contributed by atoms with Gasteiger partial charge in [0, 0.05) is 19.6 Å². The number of imidazole rings is 1. The third kappa shape index (κ3) is 2.65. The predicted octanol–water partition coefficient (Wildman–Crippen LogP) is -0.625. The number of rotatable bonds is 3. The van der Waals surface area contributed by atoms with Crippen LogP contribution in [0.15, 0.2) is 11.4 Å². The summed E-state index contributed by atoms with van der Waals surface area (Å²) >= 11 is 0. The maximum Gasteiger partial charge on any atom is 0.260 e. The number of aromatic nitrogens is 2. The molecule has 0 spiro atoms. The molecule has 0 saturated carbocycles. The Morgan fingerprint density at radius 1 is 1.50 bits per heavy atom. The van der Waals surface area contributed by atoms with Gasteiger partial charge in [0.05, 0.1) is 6.33 Å². The highest BCUT2D eigenvalue weighted by Gasteiger charge is 2.27. The maximum atomic E-state index is 12.2. The topological polar surface area (TPSA) is 93.2 Å². The Hall–Kier alpha value is -1.12. The lowest BCUT2D eigenvalue weighted by Crippen LogP contribution is -2.46. The zero-order valence-corrected chi connectivity index (χ0v) is 11.4. The van der Waals surface area contributed by atoms with Gasteiger partial charge in [0.1, 0.15) is 0 Å². The van der Waals surface area contributed by atoms with Crippen LogP contribution in [0.5, 0.6) is 0 Å². The van der Waals surface area contributed by atoms with Gasteiger partial charge in [-0.15, -0.1) is 0 Å². The fourth-order valence-electron chi connectivity index (χ4n) is 2.30. The number of hydrogen-bond acceptors (Lipinski definition) is 5. The number of sulfonamides is 1. The minimum absolute atomic E-state index is 0.0363. The molecule has 1 aromatic rings. The first-order valence-electron chi connectivity index (χ1n) is 5.88. The second-order valence-electron chi connectivity index (χ2n) is 4.77. The molecule has 0 radical (unpaired) electrons. The van der Waals surface area contributed by atoms with Crippen molar-refractivity contribution in [2.24, 2.45) is 7.05 Å². The van der Waals surface area contributed by atoms with Gasteiger partial charge in [-0.2, -0.15) is 0 Å². The molecule has 2 heterocycles. The molecule has 1 aliphatic rings. The first-order valence-corrected chi connectivity index (χ1v) is 7.36. The lowest BCUT2D eigenvalue weighted by molar-refractivity contribution is 0.242. The molecule has 0 amide bonds. The Morgan fingerprint density at radius 3 is 2.78 bits per heavy atom. The van der Waals surface area contributed by atoms with Crippen molar-refractivity contribution in [1.29, 1.82) is 0 Å². The first kappa shape index (κ1) is 13.3. The average molecular weight is 273 g/mol. The number of aryl methyl sites for hydroxylation is 1. The predicted molar refractivity (Wildman–Crippen MR) is 68.5 cm³/mol. The molecule has 1 atom stereocenters. The van der Waals surface area contributed by atoms with Crippen LogP contribution in [0.1, 0.15) is 12.8 Å². The zero-order chi connectivity index (χ0) is 13.3. The number of nitrogens with two attached hydrogens (primary N) is 1. The molecule has 7 nitrogen and oxygen atoms in total. The molecular weight excluding hydrogens is 254 g/mol. The van der Waals surface area contributed by atoms with E-state index in [1.807, 2.05) is 7.05 Å². The summed E-state index contributed by atoms with van der Waals surface area (Å²) in [6.07, 6.45) is 3.24. The zero-order valence-electron chi connectivity index (χ0n) is 10.6. The Bertz CT molecular complexity index is 505. The molecule has 1 unspecified atom stereocenters. The van der Waals surface area contributed by atoms with Crippen LogP contribution in [0.2, 0.25) is 0 Å². The van der Waals surface area contributed by atoms with Crippen LogP contribution < -0.4 is 10.5 Å². The van der Waals surface area contributed by atoms with E-state index in [0.717, 1.165) is 25.9 Å². The minimum atomic E-state index is -3.60. The van der Waals surface area contributed by atoms with E-state index in [9.17, 15) is 8.42 Å². The van der Waals surface area contributed by atoms with Gasteiger partial charge in [-0.25, -0.2) is 18.1 Å². The summed E-state index contributed by atoms with van der Waals surface area (Å²) in [6, 6.07) is -0.0666. The second-order valence-corrected chi connectivity index (χ2v) is 6.40. The molecular formula is C10H19N5O2S. The summed E-state index contributed by atoms with van der Waals surface area (Å²) in [5.41, 5.74) is 5.60. The van der Waals surface area contributed by atoms with E-state index < -0.39 is 10.0 Å². The van der Waals surface area contributed by atoms with Crippen LogP contribution in [0.4, 0.5) is 5.82 Å². The summed E-state index contributed by atoms with van der Waals surface area (Å²) in [6.45, 7) is 1.73. The van der Waals surface area contributed by atoms with Gasteiger partial charge >= 0.3 is 0 Å². The number of nitrogen functional groups attached to an aromatic ring is 1. The molecule has 0 aliphatic carbocycles. The van der Waals surface area contributed by atoms with Gasteiger partial charge in [0.15, 0.2) is 10.8 Å². The van der Waals surface area contributed by atoms with E-state index in [-0.39, 0.29) is 16.9 Å².